The van der Waals surface area contributed by atoms with Gasteiger partial charge in [0, 0.05) is 56.6 Å². The molecule has 46 heavy (non-hydrogen) atoms. The van der Waals surface area contributed by atoms with Crippen molar-refractivity contribution in [3.8, 4) is 6.07 Å². The normalized spacial score (nSPS) is 18.2. The molecule has 2 aliphatic rings. The molecule has 2 saturated heterocycles. The zero-order valence-electron chi connectivity index (χ0n) is 26.8. The van der Waals surface area contributed by atoms with Gasteiger partial charge in [0.05, 0.1) is 21.3 Å². The number of anilines is 1. The SMILES string of the molecule is CCC[C@H](CC(C#N)(c1ccccc1)C1CCN(CC2CN(c3ccc(S(=O)(=O)c4ccncc4)cc3)C2)CC1)OC(=O)NCC. The van der Waals surface area contributed by atoms with E-state index in [4.69, 9.17) is 4.74 Å². The summed E-state index contributed by atoms with van der Waals surface area (Å²) in [6.07, 6.45) is 6.11. The van der Waals surface area contributed by atoms with Crippen LogP contribution in [0.5, 0.6) is 0 Å². The summed E-state index contributed by atoms with van der Waals surface area (Å²) in [7, 11) is -3.56. The van der Waals surface area contributed by atoms with Crippen molar-refractivity contribution in [2.45, 2.75) is 67.3 Å². The Morgan fingerprint density at radius 1 is 1.02 bits per heavy atom. The molecule has 1 amide bonds. The standard InChI is InChI=1S/C36H45N5O4S/c1-3-8-32(45-35(42)39-4-2)23-36(27-37,29-9-6-5-7-10-29)30-17-21-40(22-18-30)24-28-25-41(26-28)31-11-13-33(14-12-31)46(43,44)34-15-19-38-20-16-34/h5-7,9-16,19-20,28,30,32H,3-4,8,17-18,21-26H2,1-2H3,(H,39,42)/t32-,36?/m1/s1. The number of carbonyl (C=O) groups excluding carboxylic acids is 1. The molecule has 1 N–H and O–H groups in total. The molecular formula is C36H45N5O4S. The molecule has 0 spiro atoms. The van der Waals surface area contributed by atoms with Gasteiger partial charge >= 0.3 is 6.09 Å². The van der Waals surface area contributed by atoms with Crippen molar-refractivity contribution < 1.29 is 17.9 Å². The number of rotatable bonds is 13. The number of pyridine rings is 1. The number of piperidine rings is 1. The molecule has 5 rings (SSSR count). The van der Waals surface area contributed by atoms with Crippen LogP contribution in [0.3, 0.4) is 0 Å². The Morgan fingerprint density at radius 2 is 1.67 bits per heavy atom. The second-order valence-electron chi connectivity index (χ2n) is 12.5. The maximum Gasteiger partial charge on any atom is 0.407 e. The maximum absolute atomic E-state index is 12.9. The van der Waals surface area contributed by atoms with Gasteiger partial charge in [0.1, 0.15) is 6.10 Å². The van der Waals surface area contributed by atoms with Gasteiger partial charge in [-0.2, -0.15) is 5.26 Å². The quantitative estimate of drug-likeness (QED) is 0.248. The number of amides is 1. The third-order valence-electron chi connectivity index (χ3n) is 9.47. The molecule has 1 aromatic heterocycles. The maximum atomic E-state index is 12.9. The summed E-state index contributed by atoms with van der Waals surface area (Å²) >= 11 is 0. The van der Waals surface area contributed by atoms with Crippen molar-refractivity contribution in [1.29, 1.82) is 5.26 Å². The van der Waals surface area contributed by atoms with Crippen molar-refractivity contribution in [3.63, 3.8) is 0 Å². The average molecular weight is 644 g/mol. The Kier molecular flexibility index (Phi) is 11.0. The van der Waals surface area contributed by atoms with Gasteiger partial charge in [0.25, 0.3) is 0 Å². The topological polar surface area (TPSA) is 116 Å². The number of hydrogen-bond donors (Lipinski definition) is 1. The summed E-state index contributed by atoms with van der Waals surface area (Å²) in [5.74, 6) is 0.694. The first-order valence-electron chi connectivity index (χ1n) is 16.4. The first-order valence-corrected chi connectivity index (χ1v) is 17.9. The van der Waals surface area contributed by atoms with E-state index >= 15 is 0 Å². The molecule has 3 aromatic rings. The number of nitrogens with zero attached hydrogens (tertiary/aromatic N) is 4. The van der Waals surface area contributed by atoms with Crippen LogP contribution >= 0.6 is 0 Å². The third kappa shape index (κ3) is 7.54. The minimum Gasteiger partial charge on any atom is -0.446 e. The Labute approximate surface area is 273 Å². The molecule has 2 aromatic carbocycles. The average Bonchev–Trinajstić information content (AvgIpc) is 3.06. The highest BCUT2D eigenvalue weighted by molar-refractivity contribution is 7.91. The summed E-state index contributed by atoms with van der Waals surface area (Å²) in [6, 6.07) is 23.0. The van der Waals surface area contributed by atoms with E-state index in [0.717, 1.165) is 63.2 Å². The molecule has 0 aliphatic carbocycles. The highest BCUT2D eigenvalue weighted by atomic mass is 32.2. The van der Waals surface area contributed by atoms with Gasteiger partial charge in [-0.25, -0.2) is 13.2 Å². The molecule has 2 fully saturated rings. The van der Waals surface area contributed by atoms with E-state index in [0.29, 0.717) is 25.3 Å². The van der Waals surface area contributed by atoms with Crippen LogP contribution in [0.25, 0.3) is 0 Å². The molecule has 3 heterocycles. The van der Waals surface area contributed by atoms with Crippen LogP contribution in [-0.2, 0) is 20.0 Å². The Hall–Kier alpha value is -3.94. The molecule has 244 valence electrons. The largest absolute Gasteiger partial charge is 0.446 e. The Bertz CT molecular complexity index is 1570. The first kappa shape index (κ1) is 33.4. The molecule has 1 unspecified atom stereocenters. The van der Waals surface area contributed by atoms with E-state index in [9.17, 15) is 18.5 Å². The molecule has 0 bridgehead atoms. The van der Waals surface area contributed by atoms with Crippen molar-refractivity contribution in [1.82, 2.24) is 15.2 Å². The summed E-state index contributed by atoms with van der Waals surface area (Å²) in [5, 5.41) is 13.5. The number of sulfone groups is 1. The summed E-state index contributed by atoms with van der Waals surface area (Å²) in [6.45, 7) is 9.15. The number of alkyl carbamates (subject to hydrolysis) is 1. The molecule has 0 saturated carbocycles. The zero-order valence-corrected chi connectivity index (χ0v) is 27.7. The summed E-state index contributed by atoms with van der Waals surface area (Å²) in [4.78, 5) is 21.6. The summed E-state index contributed by atoms with van der Waals surface area (Å²) in [5.41, 5.74) is 1.30. The van der Waals surface area contributed by atoms with Crippen LogP contribution in [0, 0.1) is 23.2 Å². The fourth-order valence-electron chi connectivity index (χ4n) is 7.04. The zero-order chi connectivity index (χ0) is 32.6. The van der Waals surface area contributed by atoms with Crippen molar-refractivity contribution >= 4 is 21.6 Å². The smallest absolute Gasteiger partial charge is 0.407 e. The van der Waals surface area contributed by atoms with Crippen LogP contribution < -0.4 is 10.2 Å². The van der Waals surface area contributed by atoms with Crippen molar-refractivity contribution in [2.75, 3.05) is 44.2 Å². The van der Waals surface area contributed by atoms with Crippen molar-refractivity contribution in [2.24, 2.45) is 11.8 Å². The fraction of sp³-hybridized carbons (Fsp3) is 0.472. The Balaban J connectivity index is 1.18. The molecule has 10 heteroatoms. The van der Waals surface area contributed by atoms with Crippen LogP contribution in [0.4, 0.5) is 10.5 Å². The van der Waals surface area contributed by atoms with Gasteiger partial charge < -0.3 is 19.9 Å². The monoisotopic (exact) mass is 643 g/mol. The van der Waals surface area contributed by atoms with E-state index < -0.39 is 21.3 Å². The van der Waals surface area contributed by atoms with E-state index in [-0.39, 0.29) is 21.8 Å². The van der Waals surface area contributed by atoms with Gasteiger partial charge in [0.2, 0.25) is 9.84 Å². The second kappa shape index (κ2) is 15.1. The number of carbonyl (C=O) groups is 1. The van der Waals surface area contributed by atoms with E-state index in [1.807, 2.05) is 37.3 Å². The number of hydrogen-bond acceptors (Lipinski definition) is 8. The van der Waals surface area contributed by atoms with E-state index in [1.165, 1.54) is 24.5 Å². The highest BCUT2D eigenvalue weighted by Gasteiger charge is 2.45. The number of nitriles is 1. The van der Waals surface area contributed by atoms with Gasteiger partial charge in [-0.1, -0.05) is 43.7 Å². The van der Waals surface area contributed by atoms with E-state index in [1.54, 1.807) is 12.1 Å². The molecule has 2 atom stereocenters. The van der Waals surface area contributed by atoms with Gasteiger partial charge in [-0.05, 0) is 87.2 Å². The molecule has 2 aliphatic heterocycles. The van der Waals surface area contributed by atoms with Crippen LogP contribution in [0.1, 0.15) is 51.5 Å². The van der Waals surface area contributed by atoms with Gasteiger partial charge in [-0.15, -0.1) is 0 Å². The van der Waals surface area contributed by atoms with Gasteiger partial charge in [0.15, 0.2) is 0 Å². The number of ether oxygens (including phenoxy) is 1. The van der Waals surface area contributed by atoms with Gasteiger partial charge in [-0.3, -0.25) is 4.98 Å². The number of likely N-dealkylation sites (tertiary alicyclic amines) is 1. The molecule has 9 nitrogen and oxygen atoms in total. The first-order chi connectivity index (χ1) is 22.3. The predicted molar refractivity (Wildman–Crippen MR) is 178 cm³/mol. The van der Waals surface area contributed by atoms with Crippen LogP contribution in [-0.4, -0.2) is 69.8 Å². The lowest BCUT2D eigenvalue weighted by atomic mass is 9.64. The minimum atomic E-state index is -3.56. The molecular weight excluding hydrogens is 598 g/mol. The van der Waals surface area contributed by atoms with E-state index in [2.05, 4.69) is 45.2 Å². The Morgan fingerprint density at radius 3 is 2.28 bits per heavy atom. The summed E-state index contributed by atoms with van der Waals surface area (Å²) < 4.78 is 31.7. The lowest BCUT2D eigenvalue weighted by molar-refractivity contribution is 0.0571. The predicted octanol–water partition coefficient (Wildman–Crippen LogP) is 5.83. The fourth-order valence-corrected chi connectivity index (χ4v) is 8.28. The van der Waals surface area contributed by atoms with Crippen LogP contribution in [0.2, 0.25) is 0 Å². The number of benzene rings is 2. The lowest BCUT2D eigenvalue weighted by Gasteiger charge is -2.46. The molecule has 0 radical (unpaired) electrons. The van der Waals surface area contributed by atoms with Crippen molar-refractivity contribution in [3.05, 3.63) is 84.7 Å². The number of nitrogens with one attached hydrogen (secondary N) is 1. The lowest BCUT2D eigenvalue weighted by Crippen LogP contribution is -2.53. The van der Waals surface area contributed by atoms with Crippen LogP contribution in [0.15, 0.2) is 88.9 Å². The minimum absolute atomic E-state index is 0.160. The number of aromatic nitrogens is 1. The second-order valence-corrected chi connectivity index (χ2v) is 14.5. The highest BCUT2D eigenvalue weighted by Crippen LogP contribution is 2.43. The third-order valence-corrected chi connectivity index (χ3v) is 11.3.